The lowest BCUT2D eigenvalue weighted by molar-refractivity contribution is 0.208. The zero-order valence-corrected chi connectivity index (χ0v) is 18.0. The Balaban J connectivity index is 1.49. The number of nitrogens with zero attached hydrogens (tertiary/aromatic N) is 1. The van der Waals surface area contributed by atoms with Crippen molar-refractivity contribution >= 4 is 12.2 Å². The van der Waals surface area contributed by atoms with Gasteiger partial charge in [0.05, 0.1) is 12.8 Å². The summed E-state index contributed by atoms with van der Waals surface area (Å²) in [5.41, 5.74) is 9.31. The van der Waals surface area contributed by atoms with E-state index in [0.29, 0.717) is 37.2 Å². The van der Waals surface area contributed by atoms with Crippen molar-refractivity contribution in [3.8, 4) is 17.2 Å². The van der Waals surface area contributed by atoms with Crippen LogP contribution in [0.4, 0.5) is 4.79 Å². The molecule has 166 valence electrons. The van der Waals surface area contributed by atoms with Crippen LogP contribution in [-0.4, -0.2) is 32.1 Å². The normalized spacial score (nSPS) is 14.4. The number of hydrogen-bond acceptors (Lipinski definition) is 5. The smallest absolute Gasteiger partial charge is 0.332 e. The molecule has 2 aromatic carbocycles. The van der Waals surface area contributed by atoms with E-state index >= 15 is 0 Å². The van der Waals surface area contributed by atoms with Gasteiger partial charge in [0.15, 0.2) is 11.5 Å². The largest absolute Gasteiger partial charge is 0.490 e. The number of rotatable bonds is 10. The Morgan fingerprint density at radius 2 is 1.77 bits per heavy atom. The molecule has 31 heavy (non-hydrogen) atoms. The maximum absolute atomic E-state index is 10.7. The van der Waals surface area contributed by atoms with Gasteiger partial charge in [-0.25, -0.2) is 10.2 Å². The summed E-state index contributed by atoms with van der Waals surface area (Å²) in [4.78, 5) is 10.7. The number of carbonyl (C=O) groups is 1. The first-order valence-corrected chi connectivity index (χ1v) is 10.9. The Labute approximate surface area is 183 Å². The van der Waals surface area contributed by atoms with Gasteiger partial charge in [-0.05, 0) is 67.1 Å². The van der Waals surface area contributed by atoms with Crippen molar-refractivity contribution in [2.45, 2.75) is 44.9 Å². The summed E-state index contributed by atoms with van der Waals surface area (Å²) >= 11 is 0. The van der Waals surface area contributed by atoms with Gasteiger partial charge >= 0.3 is 6.03 Å². The molecule has 1 aliphatic rings. The Morgan fingerprint density at radius 3 is 2.48 bits per heavy atom. The second-order valence-electron chi connectivity index (χ2n) is 7.47. The van der Waals surface area contributed by atoms with Crippen LogP contribution in [0.1, 0.15) is 56.1 Å². The number of primary amides is 1. The van der Waals surface area contributed by atoms with E-state index in [0.717, 1.165) is 11.3 Å². The molecule has 0 aromatic heterocycles. The van der Waals surface area contributed by atoms with Crippen molar-refractivity contribution in [1.82, 2.24) is 5.43 Å². The van der Waals surface area contributed by atoms with Crippen LogP contribution in [0.2, 0.25) is 0 Å². The molecule has 0 aliphatic heterocycles. The average Bonchev–Trinajstić information content (AvgIpc) is 2.79. The van der Waals surface area contributed by atoms with Crippen molar-refractivity contribution in [2.24, 2.45) is 10.8 Å². The number of hydrazone groups is 1. The molecule has 7 nitrogen and oxygen atoms in total. The molecule has 0 radical (unpaired) electrons. The van der Waals surface area contributed by atoms with E-state index in [4.69, 9.17) is 19.9 Å². The van der Waals surface area contributed by atoms with Crippen LogP contribution in [0.15, 0.2) is 47.6 Å². The fourth-order valence-electron chi connectivity index (χ4n) is 3.75. The van der Waals surface area contributed by atoms with Crippen molar-refractivity contribution in [3.05, 3.63) is 53.6 Å². The van der Waals surface area contributed by atoms with Crippen molar-refractivity contribution in [2.75, 3.05) is 19.8 Å². The lowest BCUT2D eigenvalue weighted by Gasteiger charge is -2.22. The van der Waals surface area contributed by atoms with E-state index in [1.54, 1.807) is 12.1 Å². The van der Waals surface area contributed by atoms with Gasteiger partial charge in [0.25, 0.3) is 0 Å². The van der Waals surface area contributed by atoms with Crippen LogP contribution >= 0.6 is 0 Å². The van der Waals surface area contributed by atoms with E-state index in [1.807, 2.05) is 25.1 Å². The minimum Gasteiger partial charge on any atom is -0.490 e. The van der Waals surface area contributed by atoms with Crippen LogP contribution in [0.25, 0.3) is 0 Å². The summed E-state index contributed by atoms with van der Waals surface area (Å²) in [7, 11) is 0. The molecule has 0 unspecified atom stereocenters. The summed E-state index contributed by atoms with van der Waals surface area (Å²) in [6.45, 7) is 3.22. The minimum atomic E-state index is -0.718. The Kier molecular flexibility index (Phi) is 8.58. The van der Waals surface area contributed by atoms with Crippen LogP contribution in [0.5, 0.6) is 17.2 Å². The van der Waals surface area contributed by atoms with Crippen molar-refractivity contribution in [3.63, 3.8) is 0 Å². The summed E-state index contributed by atoms with van der Waals surface area (Å²) in [5, 5.41) is 3.75. The van der Waals surface area contributed by atoms with Crippen molar-refractivity contribution < 1.29 is 19.0 Å². The number of amides is 2. The van der Waals surface area contributed by atoms with E-state index in [9.17, 15) is 4.79 Å². The van der Waals surface area contributed by atoms with E-state index < -0.39 is 6.03 Å². The molecule has 2 amide bonds. The molecule has 0 spiro atoms. The molecule has 0 saturated heterocycles. The van der Waals surface area contributed by atoms with Gasteiger partial charge in [0.2, 0.25) is 0 Å². The van der Waals surface area contributed by atoms with Gasteiger partial charge in [-0.15, -0.1) is 0 Å². The molecule has 7 heteroatoms. The van der Waals surface area contributed by atoms with Gasteiger partial charge in [0, 0.05) is 0 Å². The van der Waals surface area contributed by atoms with E-state index in [2.05, 4.69) is 22.7 Å². The number of nitrogens with two attached hydrogens (primary N) is 1. The molecule has 1 saturated carbocycles. The summed E-state index contributed by atoms with van der Waals surface area (Å²) in [5.74, 6) is 2.77. The van der Waals surface area contributed by atoms with Gasteiger partial charge in [-0.3, -0.25) is 0 Å². The molecule has 0 atom stereocenters. The standard InChI is InChI=1S/C24H31N3O4/c1-2-29-23-16-18(17-26-27-24(25)28)8-13-22(23)31-15-14-30-21-11-9-20(10-12-21)19-6-4-3-5-7-19/h8-13,16-17,19H,2-7,14-15H2,1H3,(H3,25,27,28). The molecule has 0 bridgehead atoms. The molecular weight excluding hydrogens is 394 g/mol. The Bertz CT molecular complexity index is 862. The molecule has 2 aromatic rings. The zero-order chi connectivity index (χ0) is 21.9. The lowest BCUT2D eigenvalue weighted by Crippen LogP contribution is -2.24. The number of carbonyl (C=O) groups excluding carboxylic acids is 1. The van der Waals surface area contributed by atoms with Crippen LogP contribution in [0.3, 0.4) is 0 Å². The first-order chi connectivity index (χ1) is 15.2. The predicted octanol–water partition coefficient (Wildman–Crippen LogP) is 4.59. The van der Waals surface area contributed by atoms with Crippen LogP contribution in [-0.2, 0) is 0 Å². The van der Waals surface area contributed by atoms with E-state index in [1.165, 1.54) is 43.9 Å². The van der Waals surface area contributed by atoms with Crippen molar-refractivity contribution in [1.29, 1.82) is 0 Å². The fraction of sp³-hybridized carbons (Fsp3) is 0.417. The molecule has 1 fully saturated rings. The van der Waals surface area contributed by atoms with Gasteiger partial charge in [-0.2, -0.15) is 5.10 Å². The topological polar surface area (TPSA) is 95.2 Å². The molecule has 1 aliphatic carbocycles. The second kappa shape index (κ2) is 11.8. The number of ether oxygens (including phenoxy) is 3. The molecule has 0 heterocycles. The first-order valence-electron chi connectivity index (χ1n) is 10.9. The van der Waals surface area contributed by atoms with E-state index in [-0.39, 0.29) is 0 Å². The summed E-state index contributed by atoms with van der Waals surface area (Å²) < 4.78 is 17.3. The second-order valence-corrected chi connectivity index (χ2v) is 7.47. The number of hydrogen-bond donors (Lipinski definition) is 2. The third-order valence-electron chi connectivity index (χ3n) is 5.22. The molecular formula is C24H31N3O4. The maximum Gasteiger partial charge on any atom is 0.332 e. The average molecular weight is 426 g/mol. The molecule has 3 N–H and O–H groups in total. The predicted molar refractivity (Wildman–Crippen MR) is 121 cm³/mol. The van der Waals surface area contributed by atoms with Gasteiger partial charge in [-0.1, -0.05) is 31.4 Å². The maximum atomic E-state index is 10.7. The van der Waals surface area contributed by atoms with Gasteiger partial charge in [0.1, 0.15) is 19.0 Å². The highest BCUT2D eigenvalue weighted by Gasteiger charge is 2.15. The monoisotopic (exact) mass is 425 g/mol. The number of benzene rings is 2. The first kappa shape index (κ1) is 22.5. The summed E-state index contributed by atoms with van der Waals surface area (Å²) in [6.07, 6.45) is 8.11. The van der Waals surface area contributed by atoms with Crippen LogP contribution < -0.4 is 25.4 Å². The third kappa shape index (κ3) is 7.20. The number of nitrogens with one attached hydrogen (secondary N) is 1. The highest BCUT2D eigenvalue weighted by molar-refractivity contribution is 5.82. The van der Waals surface area contributed by atoms with Crippen LogP contribution in [0, 0.1) is 0 Å². The highest BCUT2D eigenvalue weighted by atomic mass is 16.5. The van der Waals surface area contributed by atoms with Gasteiger partial charge < -0.3 is 19.9 Å². The summed E-state index contributed by atoms with van der Waals surface area (Å²) in [6, 6.07) is 13.2. The minimum absolute atomic E-state index is 0.390. The lowest BCUT2D eigenvalue weighted by atomic mass is 9.84. The quantitative estimate of drug-likeness (QED) is 0.331. The number of urea groups is 1. The fourth-order valence-corrected chi connectivity index (χ4v) is 3.75. The highest BCUT2D eigenvalue weighted by Crippen LogP contribution is 2.33. The zero-order valence-electron chi connectivity index (χ0n) is 18.0. The Morgan fingerprint density at radius 1 is 1.03 bits per heavy atom. The molecule has 3 rings (SSSR count). The third-order valence-corrected chi connectivity index (χ3v) is 5.22. The SMILES string of the molecule is CCOc1cc(C=NNC(N)=O)ccc1OCCOc1ccc(C2CCCCC2)cc1. The Hall–Kier alpha value is -3.22.